The molecule has 1 aliphatic heterocycles. The zero-order valence-electron chi connectivity index (χ0n) is 17.9. The standard InChI is InChI=1S/C22H29ClN4O2S/c1-4-26(10-13-28-3)14-19-24-22(25-30-19)20-15(2)27(16-8-11-29-12-9-16)21-17(20)6-5-7-18(21)23/h5-7,16H,4,8-14H2,1-3H3. The first-order valence-corrected chi connectivity index (χ1v) is 11.7. The molecule has 0 atom stereocenters. The lowest BCUT2D eigenvalue weighted by Crippen LogP contribution is -2.26. The summed E-state index contributed by atoms with van der Waals surface area (Å²) in [5.41, 5.74) is 3.37. The van der Waals surface area contributed by atoms with Crippen LogP contribution in [0.2, 0.25) is 5.02 Å². The summed E-state index contributed by atoms with van der Waals surface area (Å²) in [6, 6.07) is 6.51. The quantitative estimate of drug-likeness (QED) is 0.488. The fourth-order valence-corrected chi connectivity index (χ4v) is 5.27. The third-order valence-electron chi connectivity index (χ3n) is 5.89. The molecule has 1 aliphatic rings. The number of para-hydroxylation sites is 1. The zero-order valence-corrected chi connectivity index (χ0v) is 19.4. The number of hydrogen-bond donors (Lipinski definition) is 0. The fourth-order valence-electron chi connectivity index (χ4n) is 4.31. The van der Waals surface area contributed by atoms with Gasteiger partial charge in [0.2, 0.25) is 0 Å². The number of methoxy groups -OCH3 is 1. The fraction of sp³-hybridized carbons (Fsp3) is 0.545. The topological polar surface area (TPSA) is 52.4 Å². The summed E-state index contributed by atoms with van der Waals surface area (Å²) in [7, 11) is 1.74. The molecule has 1 saturated heterocycles. The predicted molar refractivity (Wildman–Crippen MR) is 123 cm³/mol. The van der Waals surface area contributed by atoms with Crippen molar-refractivity contribution in [2.75, 3.05) is 40.0 Å². The van der Waals surface area contributed by atoms with Gasteiger partial charge in [0.25, 0.3) is 0 Å². The van der Waals surface area contributed by atoms with Crippen LogP contribution in [0.1, 0.15) is 36.5 Å². The van der Waals surface area contributed by atoms with Crippen LogP contribution in [0.3, 0.4) is 0 Å². The van der Waals surface area contributed by atoms with Gasteiger partial charge in [-0.3, -0.25) is 4.90 Å². The van der Waals surface area contributed by atoms with E-state index < -0.39 is 0 Å². The molecule has 162 valence electrons. The number of nitrogens with zero attached hydrogens (tertiary/aromatic N) is 4. The van der Waals surface area contributed by atoms with Crippen LogP contribution in [0.4, 0.5) is 0 Å². The van der Waals surface area contributed by atoms with Crippen molar-refractivity contribution >= 4 is 34.0 Å². The molecule has 0 N–H and O–H groups in total. The summed E-state index contributed by atoms with van der Waals surface area (Å²) in [5, 5.41) is 2.93. The van der Waals surface area contributed by atoms with Crippen molar-refractivity contribution in [1.82, 2.24) is 18.8 Å². The Morgan fingerprint density at radius 1 is 1.33 bits per heavy atom. The molecule has 0 radical (unpaired) electrons. The Bertz CT molecular complexity index is 997. The molecule has 0 spiro atoms. The highest BCUT2D eigenvalue weighted by Gasteiger charge is 2.26. The molecule has 1 aromatic carbocycles. The molecule has 6 nitrogen and oxygen atoms in total. The van der Waals surface area contributed by atoms with Crippen LogP contribution in [0.25, 0.3) is 22.3 Å². The van der Waals surface area contributed by atoms with Gasteiger partial charge in [-0.15, -0.1) is 0 Å². The average Bonchev–Trinajstić information content (AvgIpc) is 3.33. The van der Waals surface area contributed by atoms with E-state index in [1.165, 1.54) is 17.2 Å². The second kappa shape index (κ2) is 9.75. The lowest BCUT2D eigenvalue weighted by molar-refractivity contribution is 0.0703. The van der Waals surface area contributed by atoms with Gasteiger partial charge in [-0.1, -0.05) is 30.7 Å². The summed E-state index contributed by atoms with van der Waals surface area (Å²) >= 11 is 8.17. The Morgan fingerprint density at radius 3 is 2.87 bits per heavy atom. The molecule has 1 fully saturated rings. The smallest absolute Gasteiger partial charge is 0.175 e. The van der Waals surface area contributed by atoms with E-state index in [0.29, 0.717) is 6.04 Å². The van der Waals surface area contributed by atoms with E-state index in [9.17, 15) is 0 Å². The number of fused-ring (bicyclic) bond motifs is 1. The molecule has 0 saturated carbocycles. The number of benzene rings is 1. The van der Waals surface area contributed by atoms with E-state index in [1.807, 2.05) is 12.1 Å². The van der Waals surface area contributed by atoms with E-state index in [4.69, 9.17) is 30.4 Å². The molecule has 0 aliphatic carbocycles. The molecule has 2 aromatic heterocycles. The second-order valence-corrected chi connectivity index (χ2v) is 8.93. The van der Waals surface area contributed by atoms with Crippen molar-refractivity contribution in [3.05, 3.63) is 33.9 Å². The van der Waals surface area contributed by atoms with Gasteiger partial charge in [-0.05, 0) is 43.9 Å². The van der Waals surface area contributed by atoms with Gasteiger partial charge in [-0.2, -0.15) is 4.37 Å². The molecule has 30 heavy (non-hydrogen) atoms. The van der Waals surface area contributed by atoms with Crippen molar-refractivity contribution < 1.29 is 9.47 Å². The molecule has 0 amide bonds. The van der Waals surface area contributed by atoms with Crippen molar-refractivity contribution in [2.45, 2.75) is 39.3 Å². The van der Waals surface area contributed by atoms with Crippen molar-refractivity contribution in [1.29, 1.82) is 0 Å². The molecule has 3 aromatic rings. The van der Waals surface area contributed by atoms with Gasteiger partial charge < -0.3 is 14.0 Å². The van der Waals surface area contributed by atoms with E-state index in [1.54, 1.807) is 7.11 Å². The lowest BCUT2D eigenvalue weighted by atomic mass is 10.1. The van der Waals surface area contributed by atoms with E-state index >= 15 is 0 Å². The molecular formula is C22H29ClN4O2S. The van der Waals surface area contributed by atoms with Gasteiger partial charge in [0, 0.05) is 49.6 Å². The maximum absolute atomic E-state index is 6.69. The first kappa shape index (κ1) is 21.7. The van der Waals surface area contributed by atoms with Crippen LogP contribution < -0.4 is 0 Å². The van der Waals surface area contributed by atoms with Crippen LogP contribution in [0.5, 0.6) is 0 Å². The highest BCUT2D eigenvalue weighted by molar-refractivity contribution is 7.05. The summed E-state index contributed by atoms with van der Waals surface area (Å²) in [5.74, 6) is 0.799. The minimum absolute atomic E-state index is 0.387. The summed E-state index contributed by atoms with van der Waals surface area (Å²) < 4.78 is 18.0. The Balaban J connectivity index is 1.72. The highest BCUT2D eigenvalue weighted by atomic mass is 35.5. The van der Waals surface area contributed by atoms with Crippen molar-refractivity contribution in [2.24, 2.45) is 0 Å². The number of halogens is 1. The van der Waals surface area contributed by atoms with Gasteiger partial charge in [-0.25, -0.2) is 4.98 Å². The minimum Gasteiger partial charge on any atom is -0.383 e. The normalized spacial score (nSPS) is 15.5. The van der Waals surface area contributed by atoms with Crippen LogP contribution in [0.15, 0.2) is 18.2 Å². The Labute approximate surface area is 186 Å². The summed E-state index contributed by atoms with van der Waals surface area (Å²) in [4.78, 5) is 7.24. The highest BCUT2D eigenvalue weighted by Crippen LogP contribution is 2.40. The number of likely N-dealkylation sites (N-methyl/N-ethyl adjacent to an activating group) is 1. The number of hydrogen-bond acceptors (Lipinski definition) is 6. The maximum Gasteiger partial charge on any atom is 0.175 e. The Hall–Kier alpha value is -1.51. The van der Waals surface area contributed by atoms with E-state index in [0.717, 1.165) is 84.6 Å². The third kappa shape index (κ3) is 4.27. The van der Waals surface area contributed by atoms with Gasteiger partial charge in [0.05, 0.1) is 23.7 Å². The Morgan fingerprint density at radius 2 is 2.13 bits per heavy atom. The predicted octanol–water partition coefficient (Wildman–Crippen LogP) is 4.94. The summed E-state index contributed by atoms with van der Waals surface area (Å²) in [6.07, 6.45) is 1.99. The van der Waals surface area contributed by atoms with Crippen molar-refractivity contribution in [3.63, 3.8) is 0 Å². The average molecular weight is 449 g/mol. The molecule has 0 bridgehead atoms. The number of aromatic nitrogens is 3. The van der Waals surface area contributed by atoms with E-state index in [2.05, 4.69) is 29.4 Å². The molecule has 0 unspecified atom stereocenters. The third-order valence-corrected chi connectivity index (χ3v) is 6.89. The SMILES string of the molecule is CCN(CCOC)Cc1nc(-c2c(C)n(C3CCOCC3)c3c(Cl)cccc23)ns1. The van der Waals surface area contributed by atoms with Gasteiger partial charge >= 0.3 is 0 Å². The van der Waals surface area contributed by atoms with Gasteiger partial charge in [0.1, 0.15) is 5.01 Å². The first-order chi connectivity index (χ1) is 14.6. The monoisotopic (exact) mass is 448 g/mol. The Kier molecular flexibility index (Phi) is 7.05. The molecule has 4 rings (SSSR count). The molecule has 8 heteroatoms. The largest absolute Gasteiger partial charge is 0.383 e. The van der Waals surface area contributed by atoms with Crippen LogP contribution in [0, 0.1) is 6.92 Å². The maximum atomic E-state index is 6.69. The summed E-state index contributed by atoms with van der Waals surface area (Å²) in [6.45, 7) is 9.25. The van der Waals surface area contributed by atoms with Crippen LogP contribution >= 0.6 is 23.1 Å². The van der Waals surface area contributed by atoms with Crippen molar-refractivity contribution in [3.8, 4) is 11.4 Å². The zero-order chi connectivity index (χ0) is 21.1. The van der Waals surface area contributed by atoms with Crippen LogP contribution in [-0.2, 0) is 16.0 Å². The molecular weight excluding hydrogens is 420 g/mol. The first-order valence-electron chi connectivity index (χ1n) is 10.5. The minimum atomic E-state index is 0.387. The lowest BCUT2D eigenvalue weighted by Gasteiger charge is -2.26. The van der Waals surface area contributed by atoms with Crippen LogP contribution in [-0.4, -0.2) is 58.8 Å². The molecule has 3 heterocycles. The second-order valence-electron chi connectivity index (χ2n) is 7.68. The van der Waals surface area contributed by atoms with Gasteiger partial charge in [0.15, 0.2) is 5.82 Å². The number of rotatable bonds is 8. The number of ether oxygens (including phenoxy) is 2. The van der Waals surface area contributed by atoms with E-state index in [-0.39, 0.29) is 0 Å².